The van der Waals surface area contributed by atoms with Crippen molar-refractivity contribution in [3.8, 4) is 0 Å². The Bertz CT molecular complexity index is 506. The SMILES string of the molecule is COCC1(C(=O)N2CCc3noc(N)c3C2)CCCC1. The third-order valence-corrected chi connectivity index (χ3v) is 4.59. The molecule has 2 N–H and O–H groups in total. The zero-order chi connectivity index (χ0) is 14.2. The van der Waals surface area contributed by atoms with Gasteiger partial charge in [-0.1, -0.05) is 18.0 Å². The molecule has 0 aromatic carbocycles. The fourth-order valence-electron chi connectivity index (χ4n) is 3.49. The summed E-state index contributed by atoms with van der Waals surface area (Å²) in [6.45, 7) is 1.70. The van der Waals surface area contributed by atoms with Gasteiger partial charge in [0, 0.05) is 20.1 Å². The molecule has 0 atom stereocenters. The van der Waals surface area contributed by atoms with E-state index in [2.05, 4.69) is 5.16 Å². The molecule has 6 heteroatoms. The fraction of sp³-hybridized carbons (Fsp3) is 0.714. The van der Waals surface area contributed by atoms with Crippen molar-refractivity contribution in [1.29, 1.82) is 0 Å². The third-order valence-electron chi connectivity index (χ3n) is 4.59. The molecule has 1 aromatic heterocycles. The van der Waals surface area contributed by atoms with Crippen LogP contribution in [0.1, 0.15) is 36.9 Å². The Kier molecular flexibility index (Phi) is 3.41. The van der Waals surface area contributed by atoms with Gasteiger partial charge < -0.3 is 19.9 Å². The molecular weight excluding hydrogens is 258 g/mol. The van der Waals surface area contributed by atoms with Crippen molar-refractivity contribution in [3.63, 3.8) is 0 Å². The van der Waals surface area contributed by atoms with Crippen molar-refractivity contribution in [3.05, 3.63) is 11.3 Å². The number of nitrogens with two attached hydrogens (primary N) is 1. The highest BCUT2D eigenvalue weighted by Gasteiger charge is 2.44. The van der Waals surface area contributed by atoms with E-state index in [0.717, 1.165) is 36.9 Å². The van der Waals surface area contributed by atoms with E-state index in [1.54, 1.807) is 7.11 Å². The molecule has 1 aliphatic heterocycles. The first kappa shape index (κ1) is 13.4. The van der Waals surface area contributed by atoms with Crippen LogP contribution in [0, 0.1) is 5.41 Å². The lowest BCUT2D eigenvalue weighted by Crippen LogP contribution is -2.47. The predicted molar refractivity (Wildman–Crippen MR) is 72.8 cm³/mol. The van der Waals surface area contributed by atoms with Crippen LogP contribution in [0.4, 0.5) is 5.88 Å². The van der Waals surface area contributed by atoms with Gasteiger partial charge in [0.1, 0.15) is 0 Å². The van der Waals surface area contributed by atoms with Gasteiger partial charge >= 0.3 is 0 Å². The number of carbonyl (C=O) groups excluding carboxylic acids is 1. The number of anilines is 1. The van der Waals surface area contributed by atoms with Crippen LogP contribution in [0.3, 0.4) is 0 Å². The van der Waals surface area contributed by atoms with E-state index in [-0.39, 0.29) is 11.3 Å². The van der Waals surface area contributed by atoms with Crippen LogP contribution in [-0.2, 0) is 22.5 Å². The molecule has 1 aromatic rings. The lowest BCUT2D eigenvalue weighted by molar-refractivity contribution is -0.146. The number of ether oxygens (including phenoxy) is 1. The summed E-state index contributed by atoms with van der Waals surface area (Å²) in [6.07, 6.45) is 4.75. The quantitative estimate of drug-likeness (QED) is 0.903. The number of hydrogen-bond donors (Lipinski definition) is 1. The molecule has 110 valence electrons. The van der Waals surface area contributed by atoms with E-state index in [1.165, 1.54) is 0 Å². The molecule has 0 spiro atoms. The first-order valence-corrected chi connectivity index (χ1v) is 7.17. The second kappa shape index (κ2) is 5.09. The second-order valence-corrected chi connectivity index (χ2v) is 5.87. The van der Waals surface area contributed by atoms with E-state index >= 15 is 0 Å². The van der Waals surface area contributed by atoms with Gasteiger partial charge in [-0.3, -0.25) is 4.79 Å². The maximum Gasteiger partial charge on any atom is 0.231 e. The van der Waals surface area contributed by atoms with Crippen molar-refractivity contribution in [2.45, 2.75) is 38.6 Å². The first-order valence-electron chi connectivity index (χ1n) is 7.17. The molecule has 6 nitrogen and oxygen atoms in total. The van der Waals surface area contributed by atoms with Crippen LogP contribution in [0.25, 0.3) is 0 Å². The summed E-state index contributed by atoms with van der Waals surface area (Å²) in [4.78, 5) is 14.8. The second-order valence-electron chi connectivity index (χ2n) is 5.87. The predicted octanol–water partition coefficient (Wildman–Crippen LogP) is 1.35. The number of aromatic nitrogens is 1. The molecule has 0 radical (unpaired) electrons. The summed E-state index contributed by atoms with van der Waals surface area (Å²) in [5.74, 6) is 0.535. The minimum absolute atomic E-state index is 0.197. The Morgan fingerprint density at radius 3 is 2.95 bits per heavy atom. The number of nitrogens with zero attached hydrogens (tertiary/aromatic N) is 2. The summed E-state index contributed by atoms with van der Waals surface area (Å²) in [7, 11) is 1.67. The van der Waals surface area contributed by atoms with Gasteiger partial charge in [0.2, 0.25) is 11.8 Å². The number of rotatable bonds is 3. The molecule has 1 saturated carbocycles. The highest BCUT2D eigenvalue weighted by molar-refractivity contribution is 5.83. The van der Waals surface area contributed by atoms with Crippen LogP contribution >= 0.6 is 0 Å². The maximum absolute atomic E-state index is 12.9. The molecule has 0 bridgehead atoms. The highest BCUT2D eigenvalue weighted by Crippen LogP contribution is 2.41. The largest absolute Gasteiger partial charge is 0.384 e. The van der Waals surface area contributed by atoms with Crippen LogP contribution in [0.5, 0.6) is 0 Å². The molecule has 2 aliphatic rings. The molecule has 0 saturated heterocycles. The molecule has 3 rings (SSSR count). The summed E-state index contributed by atoms with van der Waals surface area (Å²) in [6, 6.07) is 0. The molecule has 2 heterocycles. The normalized spacial score (nSPS) is 20.9. The van der Waals surface area contributed by atoms with E-state index in [4.69, 9.17) is 15.0 Å². The highest BCUT2D eigenvalue weighted by atomic mass is 16.5. The summed E-state index contributed by atoms with van der Waals surface area (Å²) in [5.41, 5.74) is 7.20. The smallest absolute Gasteiger partial charge is 0.231 e. The molecule has 20 heavy (non-hydrogen) atoms. The van der Waals surface area contributed by atoms with Gasteiger partial charge in [-0.15, -0.1) is 0 Å². The Morgan fingerprint density at radius 2 is 2.25 bits per heavy atom. The zero-order valence-electron chi connectivity index (χ0n) is 11.9. The molecule has 0 unspecified atom stereocenters. The van der Waals surface area contributed by atoms with E-state index < -0.39 is 0 Å². The van der Waals surface area contributed by atoms with Crippen molar-refractivity contribution >= 4 is 11.8 Å². The van der Waals surface area contributed by atoms with E-state index in [9.17, 15) is 4.79 Å². The Balaban J connectivity index is 1.79. The number of amides is 1. The van der Waals surface area contributed by atoms with E-state index in [1.807, 2.05) is 4.90 Å². The summed E-state index contributed by atoms with van der Waals surface area (Å²) >= 11 is 0. The fourth-order valence-corrected chi connectivity index (χ4v) is 3.49. The average Bonchev–Trinajstić information content (AvgIpc) is 3.07. The van der Waals surface area contributed by atoms with Gasteiger partial charge in [-0.25, -0.2) is 0 Å². The standard InChI is InChI=1S/C14H21N3O3/c1-19-9-14(5-2-3-6-14)13(18)17-7-4-11-10(8-17)12(15)20-16-11/h2-9,15H2,1H3. The lowest BCUT2D eigenvalue weighted by Gasteiger charge is -2.35. The van der Waals surface area contributed by atoms with Gasteiger partial charge in [-0.05, 0) is 12.8 Å². The van der Waals surface area contributed by atoms with Crippen molar-refractivity contribution in [2.75, 3.05) is 26.0 Å². The van der Waals surface area contributed by atoms with Crippen molar-refractivity contribution in [2.24, 2.45) is 5.41 Å². The Hall–Kier alpha value is -1.56. The molecule has 1 fully saturated rings. The zero-order valence-corrected chi connectivity index (χ0v) is 11.9. The van der Waals surface area contributed by atoms with Crippen molar-refractivity contribution < 1.29 is 14.1 Å². The molecule has 1 amide bonds. The van der Waals surface area contributed by atoms with Gasteiger partial charge in [0.05, 0.1) is 29.8 Å². The number of hydrogen-bond acceptors (Lipinski definition) is 5. The number of fused-ring (bicyclic) bond motifs is 1. The van der Waals surface area contributed by atoms with Crippen LogP contribution in [0.2, 0.25) is 0 Å². The first-order chi connectivity index (χ1) is 9.66. The van der Waals surface area contributed by atoms with Gasteiger partial charge in [-0.2, -0.15) is 0 Å². The monoisotopic (exact) mass is 279 g/mol. The number of nitrogen functional groups attached to an aromatic ring is 1. The average molecular weight is 279 g/mol. The minimum atomic E-state index is -0.335. The lowest BCUT2D eigenvalue weighted by atomic mass is 9.84. The molecule has 1 aliphatic carbocycles. The topological polar surface area (TPSA) is 81.6 Å². The van der Waals surface area contributed by atoms with Gasteiger partial charge in [0.15, 0.2) is 0 Å². The Morgan fingerprint density at radius 1 is 1.50 bits per heavy atom. The van der Waals surface area contributed by atoms with Crippen LogP contribution in [-0.4, -0.2) is 36.2 Å². The van der Waals surface area contributed by atoms with Crippen molar-refractivity contribution in [1.82, 2.24) is 10.1 Å². The Labute approximate surface area is 118 Å². The number of methoxy groups -OCH3 is 1. The van der Waals surface area contributed by atoms with Crippen LogP contribution < -0.4 is 5.73 Å². The maximum atomic E-state index is 12.9. The number of carbonyl (C=O) groups is 1. The molecular formula is C14H21N3O3. The summed E-state index contributed by atoms with van der Waals surface area (Å²) < 4.78 is 10.3. The minimum Gasteiger partial charge on any atom is -0.384 e. The van der Waals surface area contributed by atoms with E-state index in [0.29, 0.717) is 32.0 Å². The van der Waals surface area contributed by atoms with Gasteiger partial charge in [0.25, 0.3) is 0 Å². The van der Waals surface area contributed by atoms with Crippen LogP contribution in [0.15, 0.2) is 4.52 Å². The third kappa shape index (κ3) is 2.08. The summed E-state index contributed by atoms with van der Waals surface area (Å²) in [5, 5.41) is 3.94.